The van der Waals surface area contributed by atoms with Crippen LogP contribution >= 0.6 is 0 Å². The standard InChI is InChI=1S/C21H19NO/c1-14-20-17-8-4-2-6-15(17)10-11-19(20)23-21-18-9-5-3-7-16(18)12-13-22(14)21/h2-11,14,21H,12-13H2,1H3. The van der Waals surface area contributed by atoms with Crippen LogP contribution in [0.3, 0.4) is 0 Å². The van der Waals surface area contributed by atoms with E-state index in [1.165, 1.54) is 27.5 Å². The third-order valence-corrected chi connectivity index (χ3v) is 5.35. The molecular weight excluding hydrogens is 282 g/mol. The van der Waals surface area contributed by atoms with Crippen molar-refractivity contribution >= 4 is 10.8 Å². The van der Waals surface area contributed by atoms with E-state index in [0.717, 1.165) is 18.7 Å². The van der Waals surface area contributed by atoms with Crippen molar-refractivity contribution in [2.24, 2.45) is 0 Å². The summed E-state index contributed by atoms with van der Waals surface area (Å²) in [5.74, 6) is 1.04. The second-order valence-corrected chi connectivity index (χ2v) is 6.53. The lowest BCUT2D eigenvalue weighted by Gasteiger charge is -2.45. The van der Waals surface area contributed by atoms with E-state index in [9.17, 15) is 0 Å². The molecule has 2 heterocycles. The molecule has 0 saturated carbocycles. The van der Waals surface area contributed by atoms with Crippen molar-refractivity contribution in [3.8, 4) is 5.75 Å². The molecule has 2 heteroatoms. The average Bonchev–Trinajstić information content (AvgIpc) is 2.61. The van der Waals surface area contributed by atoms with Crippen LogP contribution in [0.4, 0.5) is 0 Å². The minimum Gasteiger partial charge on any atom is -0.471 e. The predicted octanol–water partition coefficient (Wildman–Crippen LogP) is 4.85. The van der Waals surface area contributed by atoms with Gasteiger partial charge in [-0.2, -0.15) is 0 Å². The Balaban J connectivity index is 1.70. The molecule has 3 aromatic carbocycles. The number of benzene rings is 3. The first-order valence-electron chi connectivity index (χ1n) is 8.35. The van der Waals surface area contributed by atoms with E-state index in [1.54, 1.807) is 0 Å². The molecule has 0 aliphatic carbocycles. The van der Waals surface area contributed by atoms with E-state index in [-0.39, 0.29) is 6.23 Å². The Kier molecular flexibility index (Phi) is 2.77. The highest BCUT2D eigenvalue weighted by atomic mass is 16.5. The van der Waals surface area contributed by atoms with Gasteiger partial charge in [0, 0.05) is 23.7 Å². The maximum Gasteiger partial charge on any atom is 0.179 e. The fourth-order valence-corrected chi connectivity index (χ4v) is 4.17. The first-order chi connectivity index (χ1) is 11.3. The van der Waals surface area contributed by atoms with Crippen molar-refractivity contribution < 1.29 is 4.74 Å². The molecule has 5 rings (SSSR count). The van der Waals surface area contributed by atoms with Gasteiger partial charge in [0.1, 0.15) is 5.75 Å². The molecule has 23 heavy (non-hydrogen) atoms. The van der Waals surface area contributed by atoms with Gasteiger partial charge >= 0.3 is 0 Å². The lowest BCUT2D eigenvalue weighted by molar-refractivity contribution is -0.0321. The maximum atomic E-state index is 6.47. The average molecular weight is 301 g/mol. The van der Waals surface area contributed by atoms with Gasteiger partial charge in [0.2, 0.25) is 0 Å². The summed E-state index contributed by atoms with van der Waals surface area (Å²) in [5, 5.41) is 2.60. The van der Waals surface area contributed by atoms with Crippen LogP contribution in [0.2, 0.25) is 0 Å². The van der Waals surface area contributed by atoms with E-state index in [1.807, 2.05) is 0 Å². The van der Waals surface area contributed by atoms with Crippen LogP contribution in [-0.2, 0) is 6.42 Å². The summed E-state index contributed by atoms with van der Waals surface area (Å²) in [6.07, 6.45) is 1.14. The van der Waals surface area contributed by atoms with E-state index in [4.69, 9.17) is 4.74 Å². The zero-order chi connectivity index (χ0) is 15.4. The normalized spacial score (nSPS) is 22.8. The molecule has 0 saturated heterocycles. The minimum absolute atomic E-state index is 0.0450. The quantitative estimate of drug-likeness (QED) is 0.588. The Morgan fingerprint density at radius 2 is 1.78 bits per heavy atom. The molecule has 0 N–H and O–H groups in total. The van der Waals surface area contributed by atoms with Crippen molar-refractivity contribution in [3.05, 3.63) is 77.4 Å². The molecule has 0 spiro atoms. The van der Waals surface area contributed by atoms with Crippen LogP contribution < -0.4 is 4.74 Å². The fraction of sp³-hybridized carbons (Fsp3) is 0.238. The van der Waals surface area contributed by atoms with Gasteiger partial charge in [-0.15, -0.1) is 0 Å². The molecule has 0 fully saturated rings. The SMILES string of the molecule is CC1c2c(ccc3ccccc23)OC2c3ccccc3CCN12. The van der Waals surface area contributed by atoms with Crippen molar-refractivity contribution in [1.82, 2.24) is 4.90 Å². The number of hydrogen-bond acceptors (Lipinski definition) is 2. The van der Waals surface area contributed by atoms with Gasteiger partial charge in [-0.05, 0) is 35.7 Å². The highest BCUT2D eigenvalue weighted by Gasteiger charge is 2.38. The van der Waals surface area contributed by atoms with Crippen LogP contribution in [0.1, 0.15) is 35.9 Å². The number of nitrogens with zero attached hydrogens (tertiary/aromatic N) is 1. The van der Waals surface area contributed by atoms with Gasteiger partial charge in [-0.1, -0.05) is 54.6 Å². The van der Waals surface area contributed by atoms with Gasteiger partial charge < -0.3 is 4.74 Å². The fourth-order valence-electron chi connectivity index (χ4n) is 4.17. The minimum atomic E-state index is 0.0450. The third-order valence-electron chi connectivity index (χ3n) is 5.35. The second-order valence-electron chi connectivity index (χ2n) is 6.53. The molecule has 2 nitrogen and oxygen atoms in total. The van der Waals surface area contributed by atoms with Crippen LogP contribution in [0.5, 0.6) is 5.75 Å². The van der Waals surface area contributed by atoms with E-state index >= 15 is 0 Å². The molecule has 3 aromatic rings. The van der Waals surface area contributed by atoms with Gasteiger partial charge in [0.25, 0.3) is 0 Å². The summed E-state index contributed by atoms with van der Waals surface area (Å²) in [5.41, 5.74) is 4.08. The summed E-state index contributed by atoms with van der Waals surface area (Å²) in [4.78, 5) is 2.50. The highest BCUT2D eigenvalue weighted by Crippen LogP contribution is 2.47. The second kappa shape index (κ2) is 4.84. The third kappa shape index (κ3) is 1.85. The van der Waals surface area contributed by atoms with Gasteiger partial charge in [-0.3, -0.25) is 4.90 Å². The number of ether oxygens (including phenoxy) is 1. The summed E-state index contributed by atoms with van der Waals surface area (Å²) >= 11 is 0. The monoisotopic (exact) mass is 301 g/mol. The van der Waals surface area contributed by atoms with Gasteiger partial charge in [0.15, 0.2) is 6.23 Å². The maximum absolute atomic E-state index is 6.47. The van der Waals surface area contributed by atoms with Crippen molar-refractivity contribution in [3.63, 3.8) is 0 Å². The Bertz CT molecular complexity index is 901. The smallest absolute Gasteiger partial charge is 0.179 e. The molecule has 0 bridgehead atoms. The topological polar surface area (TPSA) is 12.5 Å². The van der Waals surface area contributed by atoms with Crippen LogP contribution in [0.25, 0.3) is 10.8 Å². The highest BCUT2D eigenvalue weighted by molar-refractivity contribution is 5.88. The van der Waals surface area contributed by atoms with Gasteiger partial charge in [-0.25, -0.2) is 0 Å². The Hall–Kier alpha value is -2.32. The van der Waals surface area contributed by atoms with Crippen molar-refractivity contribution in [2.45, 2.75) is 25.6 Å². The van der Waals surface area contributed by atoms with Crippen molar-refractivity contribution in [1.29, 1.82) is 0 Å². The lowest BCUT2D eigenvalue weighted by Crippen LogP contribution is -2.43. The lowest BCUT2D eigenvalue weighted by atomic mass is 9.91. The zero-order valence-corrected chi connectivity index (χ0v) is 13.2. The number of hydrogen-bond donors (Lipinski definition) is 0. The molecule has 0 amide bonds. The predicted molar refractivity (Wildman–Crippen MR) is 92.6 cm³/mol. The molecule has 0 radical (unpaired) electrons. The largest absolute Gasteiger partial charge is 0.471 e. The molecule has 0 aromatic heterocycles. The Morgan fingerprint density at radius 1 is 0.957 bits per heavy atom. The van der Waals surface area contributed by atoms with Gasteiger partial charge in [0.05, 0.1) is 0 Å². The van der Waals surface area contributed by atoms with Crippen LogP contribution in [0.15, 0.2) is 60.7 Å². The Labute approximate surface area is 136 Å². The van der Waals surface area contributed by atoms with E-state index < -0.39 is 0 Å². The summed E-state index contributed by atoms with van der Waals surface area (Å²) in [6.45, 7) is 3.36. The summed E-state index contributed by atoms with van der Waals surface area (Å²) < 4.78 is 6.47. The van der Waals surface area contributed by atoms with Crippen molar-refractivity contribution in [2.75, 3.05) is 6.54 Å². The molecule has 114 valence electrons. The molecule has 2 atom stereocenters. The van der Waals surface area contributed by atoms with Crippen LogP contribution in [0, 0.1) is 0 Å². The first-order valence-corrected chi connectivity index (χ1v) is 8.35. The first kappa shape index (κ1) is 13.1. The van der Waals surface area contributed by atoms with E-state index in [0.29, 0.717) is 6.04 Å². The molecule has 2 aliphatic heterocycles. The summed E-state index contributed by atoms with van der Waals surface area (Å²) in [7, 11) is 0. The number of rotatable bonds is 0. The molecule has 2 unspecified atom stereocenters. The van der Waals surface area contributed by atoms with Crippen LogP contribution in [-0.4, -0.2) is 11.4 Å². The molecule has 2 aliphatic rings. The number of fused-ring (bicyclic) bond motifs is 6. The van der Waals surface area contributed by atoms with E-state index in [2.05, 4.69) is 72.5 Å². The Morgan fingerprint density at radius 3 is 2.74 bits per heavy atom. The summed E-state index contributed by atoms with van der Waals surface area (Å²) in [6, 6.07) is 22.0. The zero-order valence-electron chi connectivity index (χ0n) is 13.2. The molecular formula is C21H19NO.